The maximum absolute atomic E-state index is 8.83. The summed E-state index contributed by atoms with van der Waals surface area (Å²) in [4.78, 5) is 0. The Kier molecular flexibility index (Phi) is 4.62. The fraction of sp³-hybridized carbons (Fsp3) is 0.417. The second-order valence-electron chi connectivity index (χ2n) is 3.83. The second-order valence-corrected chi connectivity index (χ2v) is 3.83. The molecule has 0 saturated heterocycles. The molecule has 86 valence electrons. The lowest BCUT2D eigenvalue weighted by Gasteiger charge is -2.15. The van der Waals surface area contributed by atoms with Crippen LogP contribution in [0, 0.1) is 11.3 Å². The molecule has 0 aliphatic carbocycles. The van der Waals surface area contributed by atoms with Gasteiger partial charge in [-0.25, -0.2) is 0 Å². The smallest absolute Gasteiger partial charge is 0.101 e. The van der Waals surface area contributed by atoms with E-state index >= 15 is 0 Å². The number of benzene rings is 1. The molecular weight excluding hydrogens is 202 g/mol. The number of rotatable bonds is 5. The molecule has 4 heteroatoms. The molecular formula is C12H17N3O. The van der Waals surface area contributed by atoms with Crippen LogP contribution in [0.4, 0.5) is 11.4 Å². The van der Waals surface area contributed by atoms with Crippen molar-refractivity contribution >= 4 is 11.4 Å². The van der Waals surface area contributed by atoms with Gasteiger partial charge in [-0.3, -0.25) is 0 Å². The Labute approximate surface area is 95.7 Å². The zero-order valence-corrected chi connectivity index (χ0v) is 9.40. The number of anilines is 2. The van der Waals surface area contributed by atoms with Gasteiger partial charge in [-0.1, -0.05) is 0 Å². The Balaban J connectivity index is 2.64. The third-order valence-corrected chi connectivity index (χ3v) is 2.38. The molecule has 0 heterocycles. The maximum Gasteiger partial charge on any atom is 0.101 e. The summed E-state index contributed by atoms with van der Waals surface area (Å²) >= 11 is 0. The average Bonchev–Trinajstić information content (AvgIpc) is 2.29. The predicted molar refractivity (Wildman–Crippen MR) is 65.0 cm³/mol. The van der Waals surface area contributed by atoms with Crippen LogP contribution in [-0.2, 0) is 0 Å². The van der Waals surface area contributed by atoms with Crippen LogP contribution >= 0.6 is 0 Å². The fourth-order valence-electron chi connectivity index (χ4n) is 1.50. The van der Waals surface area contributed by atoms with Crippen molar-refractivity contribution in [3.63, 3.8) is 0 Å². The van der Waals surface area contributed by atoms with Crippen LogP contribution in [-0.4, -0.2) is 17.8 Å². The third kappa shape index (κ3) is 3.44. The molecule has 0 aliphatic heterocycles. The number of hydrogen-bond acceptors (Lipinski definition) is 4. The zero-order valence-electron chi connectivity index (χ0n) is 9.40. The van der Waals surface area contributed by atoms with E-state index in [1.54, 1.807) is 12.1 Å². The molecule has 1 atom stereocenters. The zero-order chi connectivity index (χ0) is 12.0. The molecule has 1 aromatic rings. The Bertz CT molecular complexity index is 384. The lowest BCUT2D eigenvalue weighted by molar-refractivity contribution is 0.282. The van der Waals surface area contributed by atoms with E-state index < -0.39 is 0 Å². The lowest BCUT2D eigenvalue weighted by atomic mass is 10.1. The molecule has 0 saturated carbocycles. The topological polar surface area (TPSA) is 82.1 Å². The summed E-state index contributed by atoms with van der Waals surface area (Å²) in [5, 5.41) is 20.8. The number of nitrogens with zero attached hydrogens (tertiary/aromatic N) is 1. The van der Waals surface area contributed by atoms with E-state index in [1.807, 2.05) is 19.1 Å². The van der Waals surface area contributed by atoms with Gasteiger partial charge in [0.05, 0.1) is 5.56 Å². The average molecular weight is 219 g/mol. The summed E-state index contributed by atoms with van der Waals surface area (Å²) < 4.78 is 0. The summed E-state index contributed by atoms with van der Waals surface area (Å²) in [5.41, 5.74) is 7.49. The number of nitrogens with two attached hydrogens (primary N) is 1. The standard InChI is InChI=1S/C12H17N3O/c1-9(3-2-6-16)15-11-4-5-12(14)10(7-11)8-13/h4-5,7,9,15-16H,2-3,6,14H2,1H3. The molecule has 0 bridgehead atoms. The van der Waals surface area contributed by atoms with E-state index in [0.717, 1.165) is 18.5 Å². The molecule has 0 radical (unpaired) electrons. The van der Waals surface area contributed by atoms with E-state index in [4.69, 9.17) is 16.1 Å². The summed E-state index contributed by atoms with van der Waals surface area (Å²) in [6.45, 7) is 2.25. The van der Waals surface area contributed by atoms with Crippen LogP contribution in [0.5, 0.6) is 0 Å². The highest BCUT2D eigenvalue weighted by Crippen LogP contribution is 2.18. The van der Waals surface area contributed by atoms with E-state index in [0.29, 0.717) is 11.3 Å². The number of nitrogen functional groups attached to an aromatic ring is 1. The van der Waals surface area contributed by atoms with Gasteiger partial charge in [0.15, 0.2) is 0 Å². The molecule has 1 unspecified atom stereocenters. The van der Waals surface area contributed by atoms with Gasteiger partial charge in [-0.2, -0.15) is 5.26 Å². The first-order valence-corrected chi connectivity index (χ1v) is 5.34. The summed E-state index contributed by atoms with van der Waals surface area (Å²) in [7, 11) is 0. The molecule has 0 spiro atoms. The summed E-state index contributed by atoms with van der Waals surface area (Å²) in [6, 6.07) is 7.63. The van der Waals surface area contributed by atoms with Crippen molar-refractivity contribution in [2.45, 2.75) is 25.8 Å². The monoisotopic (exact) mass is 219 g/mol. The molecule has 0 aliphatic rings. The summed E-state index contributed by atoms with van der Waals surface area (Å²) in [5.74, 6) is 0. The van der Waals surface area contributed by atoms with Crippen molar-refractivity contribution in [3.8, 4) is 6.07 Å². The van der Waals surface area contributed by atoms with Crippen LogP contribution < -0.4 is 11.1 Å². The van der Waals surface area contributed by atoms with Crippen molar-refractivity contribution in [2.24, 2.45) is 0 Å². The second kappa shape index (κ2) is 5.99. The van der Waals surface area contributed by atoms with E-state index in [-0.39, 0.29) is 12.6 Å². The predicted octanol–water partition coefficient (Wildman–Crippen LogP) is 1.71. The third-order valence-electron chi connectivity index (χ3n) is 2.38. The Morgan fingerprint density at radius 2 is 2.31 bits per heavy atom. The van der Waals surface area contributed by atoms with E-state index in [2.05, 4.69) is 5.32 Å². The first kappa shape index (κ1) is 12.3. The highest BCUT2D eigenvalue weighted by atomic mass is 16.2. The number of nitriles is 1. The van der Waals surface area contributed by atoms with Crippen molar-refractivity contribution in [1.29, 1.82) is 5.26 Å². The highest BCUT2D eigenvalue weighted by Gasteiger charge is 2.04. The fourth-order valence-corrected chi connectivity index (χ4v) is 1.50. The van der Waals surface area contributed by atoms with Gasteiger partial charge >= 0.3 is 0 Å². The molecule has 4 N–H and O–H groups in total. The van der Waals surface area contributed by atoms with Crippen molar-refractivity contribution in [3.05, 3.63) is 23.8 Å². The van der Waals surface area contributed by atoms with Gasteiger partial charge in [0.25, 0.3) is 0 Å². The minimum absolute atomic E-state index is 0.206. The molecule has 1 rings (SSSR count). The highest BCUT2D eigenvalue weighted by molar-refractivity contribution is 5.62. The van der Waals surface area contributed by atoms with Gasteiger partial charge in [0.1, 0.15) is 6.07 Å². The quantitative estimate of drug-likeness (QED) is 0.658. The van der Waals surface area contributed by atoms with Crippen LogP contribution in [0.3, 0.4) is 0 Å². The number of hydrogen-bond donors (Lipinski definition) is 3. The number of nitrogens with one attached hydrogen (secondary N) is 1. The first-order valence-electron chi connectivity index (χ1n) is 5.34. The Morgan fingerprint density at radius 3 is 2.94 bits per heavy atom. The lowest BCUT2D eigenvalue weighted by Crippen LogP contribution is -2.15. The van der Waals surface area contributed by atoms with Gasteiger partial charge < -0.3 is 16.2 Å². The van der Waals surface area contributed by atoms with Crippen LogP contribution in [0.2, 0.25) is 0 Å². The van der Waals surface area contributed by atoms with Gasteiger partial charge in [0.2, 0.25) is 0 Å². The van der Waals surface area contributed by atoms with E-state index in [1.165, 1.54) is 0 Å². The number of aliphatic hydroxyl groups excluding tert-OH is 1. The van der Waals surface area contributed by atoms with Gasteiger partial charge in [0, 0.05) is 24.0 Å². The minimum atomic E-state index is 0.206. The normalized spacial score (nSPS) is 11.8. The first-order chi connectivity index (χ1) is 7.67. The van der Waals surface area contributed by atoms with Crippen molar-refractivity contribution in [2.75, 3.05) is 17.7 Å². The SMILES string of the molecule is CC(CCCO)Nc1ccc(N)c(C#N)c1. The molecule has 0 aromatic heterocycles. The molecule has 1 aromatic carbocycles. The molecule has 0 fully saturated rings. The van der Waals surface area contributed by atoms with E-state index in [9.17, 15) is 0 Å². The molecule has 0 amide bonds. The van der Waals surface area contributed by atoms with Crippen LogP contribution in [0.1, 0.15) is 25.3 Å². The Hall–Kier alpha value is -1.73. The molecule has 4 nitrogen and oxygen atoms in total. The van der Waals surface area contributed by atoms with Crippen LogP contribution in [0.15, 0.2) is 18.2 Å². The number of aliphatic hydroxyl groups is 1. The minimum Gasteiger partial charge on any atom is -0.398 e. The Morgan fingerprint density at radius 1 is 1.56 bits per heavy atom. The largest absolute Gasteiger partial charge is 0.398 e. The van der Waals surface area contributed by atoms with Crippen molar-refractivity contribution < 1.29 is 5.11 Å². The molecule has 16 heavy (non-hydrogen) atoms. The van der Waals surface area contributed by atoms with Crippen molar-refractivity contribution in [1.82, 2.24) is 0 Å². The maximum atomic E-state index is 8.83. The van der Waals surface area contributed by atoms with Crippen LogP contribution in [0.25, 0.3) is 0 Å². The van der Waals surface area contributed by atoms with Gasteiger partial charge in [-0.15, -0.1) is 0 Å². The van der Waals surface area contributed by atoms with Gasteiger partial charge in [-0.05, 0) is 38.0 Å². The summed E-state index contributed by atoms with van der Waals surface area (Å²) in [6.07, 6.45) is 1.66.